The van der Waals surface area contributed by atoms with Crippen molar-refractivity contribution in [1.29, 1.82) is 0 Å². The highest BCUT2D eigenvalue weighted by Crippen LogP contribution is 2.47. The Morgan fingerprint density at radius 3 is 1.89 bits per heavy atom. The summed E-state index contributed by atoms with van der Waals surface area (Å²) in [4.78, 5) is 68.1. The van der Waals surface area contributed by atoms with Crippen LogP contribution in [0.5, 0.6) is 23.0 Å². The molecule has 0 spiro atoms. The van der Waals surface area contributed by atoms with E-state index in [1.165, 1.54) is 28.4 Å². The van der Waals surface area contributed by atoms with Gasteiger partial charge in [-0.05, 0) is 105 Å². The van der Waals surface area contributed by atoms with E-state index in [0.29, 0.717) is 46.1 Å². The third-order valence-electron chi connectivity index (χ3n) is 10.2. The number of carbonyl (C=O) groups excluding carboxylic acids is 5. The summed E-state index contributed by atoms with van der Waals surface area (Å²) in [6.45, 7) is 12.7. The summed E-state index contributed by atoms with van der Waals surface area (Å²) in [6, 6.07) is 12.6. The molecular weight excluding hydrogens is 809 g/mol. The molecule has 15 nitrogen and oxygen atoms in total. The molecule has 0 fully saturated rings. The van der Waals surface area contributed by atoms with Crippen molar-refractivity contribution in [2.24, 2.45) is 11.8 Å². The fourth-order valence-electron chi connectivity index (χ4n) is 7.38. The van der Waals surface area contributed by atoms with Gasteiger partial charge in [0.2, 0.25) is 17.6 Å². The Balaban J connectivity index is 1.62. The number of fused-ring (bicyclic) bond motifs is 1. The van der Waals surface area contributed by atoms with Crippen molar-refractivity contribution in [3.05, 3.63) is 82.9 Å². The molecule has 5 N–H and O–H groups in total. The molecule has 1 aliphatic rings. The van der Waals surface area contributed by atoms with E-state index in [9.17, 15) is 29.1 Å². The van der Waals surface area contributed by atoms with Crippen LogP contribution in [0, 0.1) is 11.8 Å². The van der Waals surface area contributed by atoms with E-state index >= 15 is 0 Å². The maximum atomic E-state index is 14.2. The third-order valence-corrected chi connectivity index (χ3v) is 10.2. The number of benzene rings is 3. The Morgan fingerprint density at radius 1 is 0.714 bits per heavy atom. The van der Waals surface area contributed by atoms with Crippen LogP contribution < -0.4 is 40.2 Å². The van der Waals surface area contributed by atoms with E-state index in [-0.39, 0.29) is 49.0 Å². The van der Waals surface area contributed by atoms with Crippen LogP contribution in [0.25, 0.3) is 5.57 Å². The molecule has 4 unspecified atom stereocenters. The molecule has 0 aliphatic heterocycles. The zero-order valence-corrected chi connectivity index (χ0v) is 38.3. The summed E-state index contributed by atoms with van der Waals surface area (Å²) in [5, 5.41) is 22.5. The molecule has 0 radical (unpaired) electrons. The highest BCUT2D eigenvalue weighted by Gasteiger charge is 2.34. The van der Waals surface area contributed by atoms with Crippen molar-refractivity contribution >= 4 is 40.9 Å². The zero-order valence-electron chi connectivity index (χ0n) is 38.3. The first-order valence-corrected chi connectivity index (χ1v) is 21.2. The van der Waals surface area contributed by atoms with E-state index in [4.69, 9.17) is 23.7 Å². The van der Waals surface area contributed by atoms with Gasteiger partial charge in [0.25, 0.3) is 5.91 Å². The van der Waals surface area contributed by atoms with Crippen molar-refractivity contribution in [2.75, 3.05) is 33.8 Å². The number of amides is 4. The summed E-state index contributed by atoms with van der Waals surface area (Å²) in [6.07, 6.45) is 0.0910. The number of carbonyl (C=O) groups is 5. The second-order valence-corrected chi connectivity index (χ2v) is 17.4. The summed E-state index contributed by atoms with van der Waals surface area (Å²) >= 11 is 0. The number of hydrogen-bond acceptors (Lipinski definition) is 11. The molecule has 0 saturated heterocycles. The lowest BCUT2D eigenvalue weighted by atomic mass is 9.92. The predicted molar refractivity (Wildman–Crippen MR) is 240 cm³/mol. The molecule has 3 aromatic rings. The molecule has 4 atom stereocenters. The number of nitrogens with one attached hydrogen (secondary N) is 4. The fraction of sp³-hybridized carbons (Fsp3) is 0.479. The van der Waals surface area contributed by atoms with Crippen molar-refractivity contribution < 1.29 is 52.8 Å². The first-order valence-electron chi connectivity index (χ1n) is 21.2. The number of ether oxygens (including phenoxy) is 5. The van der Waals surface area contributed by atoms with Gasteiger partial charge in [0, 0.05) is 12.0 Å². The first-order chi connectivity index (χ1) is 29.8. The molecule has 0 saturated carbocycles. The van der Waals surface area contributed by atoms with Crippen LogP contribution >= 0.6 is 0 Å². The van der Waals surface area contributed by atoms with Crippen molar-refractivity contribution in [3.63, 3.8) is 0 Å². The van der Waals surface area contributed by atoms with E-state index in [1.54, 1.807) is 75.4 Å². The largest absolute Gasteiger partial charge is 0.495 e. The minimum absolute atomic E-state index is 0.0486. The molecule has 63 heavy (non-hydrogen) atoms. The number of hydrogen-bond donors (Lipinski definition) is 5. The number of methoxy groups -OCH3 is 4. The minimum atomic E-state index is -1.77. The lowest BCUT2D eigenvalue weighted by Crippen LogP contribution is -2.58. The number of aliphatic hydroxyl groups is 1. The number of anilines is 1. The van der Waals surface area contributed by atoms with Crippen molar-refractivity contribution in [2.45, 2.75) is 110 Å². The fourth-order valence-corrected chi connectivity index (χ4v) is 7.38. The third kappa shape index (κ3) is 13.7. The molecule has 15 heteroatoms. The van der Waals surface area contributed by atoms with Crippen LogP contribution in [-0.2, 0) is 36.8 Å². The number of rotatable bonds is 19. The van der Waals surface area contributed by atoms with E-state index in [2.05, 4.69) is 21.3 Å². The van der Waals surface area contributed by atoms with Crippen molar-refractivity contribution in [1.82, 2.24) is 16.0 Å². The van der Waals surface area contributed by atoms with E-state index in [1.807, 2.05) is 33.8 Å². The molecule has 3 aromatic carbocycles. The Bertz CT molecular complexity index is 2130. The molecule has 0 bridgehead atoms. The van der Waals surface area contributed by atoms with Crippen LogP contribution in [0.3, 0.4) is 0 Å². The summed E-state index contributed by atoms with van der Waals surface area (Å²) in [5.74, 6) is -0.718. The van der Waals surface area contributed by atoms with Gasteiger partial charge in [-0.15, -0.1) is 0 Å². The second kappa shape index (κ2) is 22.3. The summed E-state index contributed by atoms with van der Waals surface area (Å²) in [7, 11) is 6.02. The standard InChI is InChI=1S/C48H64N4O11/c1-27(2)21-37(50-45(56)38(22-28(3)4)51-46(57)41(54)36(23-29-15-13-12-14-16-29)52-47(58)63-48(5,6)7)44(55)49-35-24-30(17-20-39(35)59-8)33-25-31(53)18-19-32-34(33)26-40(60-9)43(62-11)42(32)61-10/h12-17,20,24-28,36-38,41,54H,18-19,21-23H2,1-11H3,(H,49,55)(H,50,56)(H,51,57)(H,52,58). The molecule has 0 heterocycles. The lowest BCUT2D eigenvalue weighted by molar-refractivity contribution is -0.136. The smallest absolute Gasteiger partial charge is 0.407 e. The topological polar surface area (TPSA) is 200 Å². The Kier molecular flexibility index (Phi) is 17.6. The number of aliphatic hydroxyl groups excluding tert-OH is 1. The average Bonchev–Trinajstić information content (AvgIpc) is 3.39. The van der Waals surface area contributed by atoms with Crippen LogP contribution in [0.2, 0.25) is 0 Å². The van der Waals surface area contributed by atoms with Crippen LogP contribution in [0.15, 0.2) is 60.7 Å². The van der Waals surface area contributed by atoms with Gasteiger partial charge >= 0.3 is 6.09 Å². The summed E-state index contributed by atoms with van der Waals surface area (Å²) in [5.41, 5.74) is 2.81. The monoisotopic (exact) mass is 872 g/mol. The molecule has 1 aliphatic carbocycles. The van der Waals surface area contributed by atoms with Gasteiger partial charge in [0.1, 0.15) is 23.4 Å². The average molecular weight is 873 g/mol. The number of alkyl carbamates (subject to hydrolysis) is 1. The van der Waals surface area contributed by atoms with Gasteiger partial charge in [-0.25, -0.2) is 4.79 Å². The SMILES string of the molecule is COc1ccc(C2=CC(=O)CCc3c2cc(OC)c(OC)c3OC)cc1NC(=O)C(CC(C)C)NC(=O)C(CC(C)C)NC(=O)C(O)C(Cc1ccccc1)NC(=O)OC(C)(C)C. The van der Waals surface area contributed by atoms with Gasteiger partial charge in [-0.3, -0.25) is 19.2 Å². The first kappa shape index (κ1) is 49.6. The zero-order chi connectivity index (χ0) is 46.6. The lowest BCUT2D eigenvalue weighted by Gasteiger charge is -2.29. The molecule has 4 rings (SSSR count). The van der Waals surface area contributed by atoms with Gasteiger partial charge in [-0.2, -0.15) is 0 Å². The molecule has 4 amide bonds. The summed E-state index contributed by atoms with van der Waals surface area (Å²) < 4.78 is 28.1. The Labute approximate surface area is 370 Å². The molecule has 342 valence electrons. The predicted octanol–water partition coefficient (Wildman–Crippen LogP) is 6.17. The maximum absolute atomic E-state index is 14.2. The Hall–Kier alpha value is -6.09. The Morgan fingerprint density at radius 2 is 1.32 bits per heavy atom. The van der Waals surface area contributed by atoms with Crippen LogP contribution in [-0.4, -0.2) is 93.0 Å². The van der Waals surface area contributed by atoms with Gasteiger partial charge < -0.3 is 50.1 Å². The normalized spacial score (nSPS) is 14.5. The van der Waals surface area contributed by atoms with Gasteiger partial charge in [0.05, 0.1) is 40.2 Å². The van der Waals surface area contributed by atoms with E-state index in [0.717, 1.165) is 11.1 Å². The van der Waals surface area contributed by atoms with Crippen LogP contribution in [0.1, 0.15) is 90.0 Å². The van der Waals surface area contributed by atoms with Gasteiger partial charge in [0.15, 0.2) is 23.4 Å². The highest BCUT2D eigenvalue weighted by molar-refractivity contribution is 6.04. The highest BCUT2D eigenvalue weighted by atomic mass is 16.6. The molecule has 0 aromatic heterocycles. The van der Waals surface area contributed by atoms with Gasteiger partial charge in [-0.1, -0.05) is 64.1 Å². The van der Waals surface area contributed by atoms with E-state index < -0.39 is 53.6 Å². The maximum Gasteiger partial charge on any atom is 0.407 e. The van der Waals surface area contributed by atoms with Crippen LogP contribution in [0.4, 0.5) is 10.5 Å². The minimum Gasteiger partial charge on any atom is -0.495 e. The quantitative estimate of drug-likeness (QED) is 0.0924. The second-order valence-electron chi connectivity index (χ2n) is 17.4. The number of allylic oxidation sites excluding steroid dienone is 1. The molecular formula is C48H64N4O11. The van der Waals surface area contributed by atoms with Crippen molar-refractivity contribution in [3.8, 4) is 23.0 Å². The number of ketones is 1.